The molecule has 1 fully saturated rings. The Hall–Kier alpha value is -1.60. The molecule has 0 aliphatic carbocycles. The molecule has 150 valence electrons. The smallest absolute Gasteiger partial charge is 0.412 e. The molecule has 1 heterocycles. The third-order valence-electron chi connectivity index (χ3n) is 4.43. The van der Waals surface area contributed by atoms with Gasteiger partial charge in [0, 0.05) is 16.9 Å². The van der Waals surface area contributed by atoms with E-state index in [0.29, 0.717) is 10.0 Å². The Morgan fingerprint density at radius 2 is 1.74 bits per heavy atom. The lowest BCUT2D eigenvalue weighted by atomic mass is 9.91. The van der Waals surface area contributed by atoms with Crippen LogP contribution in [0.2, 0.25) is 0 Å². The van der Waals surface area contributed by atoms with Gasteiger partial charge in [-0.1, -0.05) is 54.9 Å². The van der Waals surface area contributed by atoms with E-state index >= 15 is 0 Å². The van der Waals surface area contributed by atoms with Crippen molar-refractivity contribution in [2.75, 3.05) is 7.05 Å². The van der Waals surface area contributed by atoms with Crippen molar-refractivity contribution in [1.82, 2.24) is 9.80 Å². The number of halogens is 1. The number of carbonyl (C=O) groups excluding carboxylic acids is 2. The van der Waals surface area contributed by atoms with Gasteiger partial charge >= 0.3 is 6.09 Å². The Balaban J connectivity index is 2.53. The first-order chi connectivity index (χ1) is 12.3. The van der Waals surface area contributed by atoms with Crippen molar-refractivity contribution in [1.29, 1.82) is 0 Å². The lowest BCUT2D eigenvalue weighted by Crippen LogP contribution is -2.53. The van der Waals surface area contributed by atoms with Crippen molar-refractivity contribution in [2.45, 2.75) is 65.5 Å². The third-order valence-corrected chi connectivity index (χ3v) is 5.15. The van der Waals surface area contributed by atoms with Crippen LogP contribution in [0.1, 0.15) is 53.2 Å². The number of benzene rings is 1. The number of aliphatic hydroxyl groups is 1. The monoisotopic (exact) mass is 440 g/mol. The number of likely N-dealkylation sites (N-methyl/N-ethyl adjacent to an activating group) is 1. The van der Waals surface area contributed by atoms with Gasteiger partial charge in [0.05, 0.1) is 0 Å². The topological polar surface area (TPSA) is 70.1 Å². The Kier molecular flexibility index (Phi) is 5.97. The summed E-state index contributed by atoms with van der Waals surface area (Å²) in [5.41, 5.74) is -0.594. The summed E-state index contributed by atoms with van der Waals surface area (Å²) in [4.78, 5) is 29.0. The van der Waals surface area contributed by atoms with E-state index in [9.17, 15) is 14.7 Å². The van der Waals surface area contributed by atoms with Gasteiger partial charge in [0.2, 0.25) is 5.91 Å². The molecule has 0 aromatic heterocycles. The molecule has 0 radical (unpaired) electrons. The van der Waals surface area contributed by atoms with E-state index in [1.807, 2.05) is 26.8 Å². The van der Waals surface area contributed by atoms with Gasteiger partial charge in [-0.05, 0) is 32.4 Å². The molecule has 2 amide bonds. The molecule has 1 N–H and O–H groups in total. The van der Waals surface area contributed by atoms with Gasteiger partial charge in [-0.15, -0.1) is 0 Å². The molecular weight excluding hydrogens is 412 g/mol. The summed E-state index contributed by atoms with van der Waals surface area (Å²) in [7, 11) is 1.66. The van der Waals surface area contributed by atoms with Crippen LogP contribution in [0.4, 0.5) is 4.79 Å². The third kappa shape index (κ3) is 4.46. The van der Waals surface area contributed by atoms with Gasteiger partial charge in [0.15, 0.2) is 0 Å². The molecule has 6 nitrogen and oxygen atoms in total. The maximum Gasteiger partial charge on any atom is 0.412 e. The predicted octanol–water partition coefficient (Wildman–Crippen LogP) is 3.93. The van der Waals surface area contributed by atoms with Crippen LogP contribution >= 0.6 is 15.9 Å². The van der Waals surface area contributed by atoms with Crippen molar-refractivity contribution in [3.8, 4) is 0 Å². The molecule has 1 saturated heterocycles. The molecule has 3 atom stereocenters. The Morgan fingerprint density at radius 3 is 2.22 bits per heavy atom. The van der Waals surface area contributed by atoms with E-state index in [1.54, 1.807) is 46.0 Å². The molecule has 7 heteroatoms. The summed E-state index contributed by atoms with van der Waals surface area (Å²) in [6.07, 6.45) is -2.34. The molecule has 0 saturated carbocycles. The number of amides is 2. The van der Waals surface area contributed by atoms with E-state index in [0.717, 1.165) is 0 Å². The largest absolute Gasteiger partial charge is 0.444 e. The summed E-state index contributed by atoms with van der Waals surface area (Å²) in [6, 6.07) is 6.08. The molecule has 1 aliphatic heterocycles. The van der Waals surface area contributed by atoms with Crippen LogP contribution in [0, 0.1) is 5.41 Å². The Morgan fingerprint density at radius 1 is 1.19 bits per heavy atom. The number of aliphatic hydroxyl groups excluding tert-OH is 1. The average molecular weight is 441 g/mol. The fourth-order valence-electron chi connectivity index (χ4n) is 3.49. The van der Waals surface area contributed by atoms with Crippen molar-refractivity contribution in [2.24, 2.45) is 5.41 Å². The fourth-order valence-corrected chi connectivity index (χ4v) is 4.00. The summed E-state index contributed by atoms with van der Waals surface area (Å²) in [5, 5.41) is 11.1. The molecular formula is C20H29BrN2O4. The van der Waals surface area contributed by atoms with Crippen LogP contribution in [0.5, 0.6) is 0 Å². The highest BCUT2D eigenvalue weighted by Crippen LogP contribution is 2.40. The molecule has 1 aromatic rings. The molecule has 1 aromatic carbocycles. The fraction of sp³-hybridized carbons (Fsp3) is 0.600. The minimum absolute atomic E-state index is 0.316. The Labute approximate surface area is 169 Å². The first-order valence-corrected chi connectivity index (χ1v) is 9.75. The second-order valence-electron chi connectivity index (χ2n) is 8.99. The van der Waals surface area contributed by atoms with Crippen LogP contribution in [-0.4, -0.2) is 51.8 Å². The van der Waals surface area contributed by atoms with Crippen LogP contribution in [0.25, 0.3) is 0 Å². The molecule has 27 heavy (non-hydrogen) atoms. The first-order valence-electron chi connectivity index (χ1n) is 8.96. The maximum absolute atomic E-state index is 13.1. The molecule has 0 unspecified atom stereocenters. The average Bonchev–Trinajstić information content (AvgIpc) is 2.77. The molecule has 1 aliphatic rings. The van der Waals surface area contributed by atoms with Crippen molar-refractivity contribution in [3.63, 3.8) is 0 Å². The van der Waals surface area contributed by atoms with Crippen LogP contribution in [-0.2, 0) is 9.53 Å². The van der Waals surface area contributed by atoms with Crippen LogP contribution < -0.4 is 0 Å². The van der Waals surface area contributed by atoms with Gasteiger partial charge in [-0.25, -0.2) is 4.79 Å². The highest BCUT2D eigenvalue weighted by molar-refractivity contribution is 9.10. The van der Waals surface area contributed by atoms with E-state index in [2.05, 4.69) is 15.9 Å². The Bertz CT molecular complexity index is 723. The van der Waals surface area contributed by atoms with E-state index in [4.69, 9.17) is 4.74 Å². The first kappa shape index (κ1) is 21.7. The highest BCUT2D eigenvalue weighted by Gasteiger charge is 2.55. The highest BCUT2D eigenvalue weighted by atomic mass is 79.9. The second-order valence-corrected chi connectivity index (χ2v) is 9.84. The van der Waals surface area contributed by atoms with E-state index in [1.165, 1.54) is 9.80 Å². The van der Waals surface area contributed by atoms with Gasteiger partial charge in [-0.2, -0.15) is 0 Å². The minimum atomic E-state index is -1.18. The minimum Gasteiger partial charge on any atom is -0.444 e. The van der Waals surface area contributed by atoms with Gasteiger partial charge in [0.1, 0.15) is 23.9 Å². The lowest BCUT2D eigenvalue weighted by Gasteiger charge is -2.39. The number of hydrogen-bond donors (Lipinski definition) is 1. The van der Waals surface area contributed by atoms with Crippen molar-refractivity contribution < 1.29 is 19.4 Å². The second kappa shape index (κ2) is 7.43. The zero-order chi connectivity index (χ0) is 20.7. The van der Waals surface area contributed by atoms with Crippen LogP contribution in [0.15, 0.2) is 28.7 Å². The van der Waals surface area contributed by atoms with Gasteiger partial charge < -0.3 is 14.7 Å². The summed E-state index contributed by atoms with van der Waals surface area (Å²) < 4.78 is 6.25. The normalized spacial score (nSPS) is 22.2. The zero-order valence-electron chi connectivity index (χ0n) is 17.0. The number of carbonyl (C=O) groups is 2. The van der Waals surface area contributed by atoms with Gasteiger partial charge in [-0.3, -0.25) is 9.69 Å². The SMILES string of the molecule is CN1C(=O)[C@@H]([C@@H](O)c2ccccc2Br)N(C(=O)OC(C)(C)C)[C@@H]1C(C)(C)C. The zero-order valence-corrected chi connectivity index (χ0v) is 18.6. The predicted molar refractivity (Wildman–Crippen MR) is 107 cm³/mol. The van der Waals surface area contributed by atoms with Crippen LogP contribution in [0.3, 0.4) is 0 Å². The van der Waals surface area contributed by atoms with Crippen molar-refractivity contribution in [3.05, 3.63) is 34.3 Å². The quantitative estimate of drug-likeness (QED) is 0.755. The molecule has 0 spiro atoms. The lowest BCUT2D eigenvalue weighted by molar-refractivity contribution is -0.131. The number of ether oxygens (including phenoxy) is 1. The summed E-state index contributed by atoms with van der Waals surface area (Å²) in [5.74, 6) is -0.316. The molecule has 2 rings (SSSR count). The number of hydrogen-bond acceptors (Lipinski definition) is 4. The van der Waals surface area contributed by atoms with Gasteiger partial charge in [0.25, 0.3) is 0 Å². The summed E-state index contributed by atoms with van der Waals surface area (Å²) >= 11 is 3.42. The van der Waals surface area contributed by atoms with Crippen molar-refractivity contribution >= 4 is 27.9 Å². The summed E-state index contributed by atoms with van der Waals surface area (Å²) in [6.45, 7) is 11.2. The number of nitrogens with zero attached hydrogens (tertiary/aromatic N) is 2. The molecule has 0 bridgehead atoms. The van der Waals surface area contributed by atoms with E-state index < -0.39 is 35.4 Å². The standard InChI is InChI=1S/C20H29BrN2O4/c1-19(2,3)17-22(7)16(25)14(23(17)18(26)27-20(4,5)6)15(24)12-10-8-9-11-13(12)21/h8-11,14-15,17,24H,1-7H3/t14-,15+,17-/m1/s1. The van der Waals surface area contributed by atoms with E-state index in [-0.39, 0.29) is 5.91 Å². The maximum atomic E-state index is 13.1. The number of rotatable bonds is 2.